The van der Waals surface area contributed by atoms with E-state index in [0.717, 1.165) is 18.9 Å². The number of hydrogen-bond donors (Lipinski definition) is 0. The van der Waals surface area contributed by atoms with Gasteiger partial charge in [0.1, 0.15) is 5.03 Å². The third-order valence-corrected chi connectivity index (χ3v) is 5.70. The van der Waals surface area contributed by atoms with Crippen LogP contribution in [-0.4, -0.2) is 19.7 Å². The quantitative estimate of drug-likeness (QED) is 0.744. The third kappa shape index (κ3) is 4.05. The van der Waals surface area contributed by atoms with Crippen LogP contribution in [0.4, 0.5) is 0 Å². The SMILES string of the molecule is CS(=O)(=O)c1ccc(Sc2ncc(Br)cc2Br)cc1. The van der Waals surface area contributed by atoms with E-state index >= 15 is 0 Å². The highest BCUT2D eigenvalue weighted by Crippen LogP contribution is 2.33. The van der Waals surface area contributed by atoms with Crippen molar-refractivity contribution in [2.24, 2.45) is 0 Å². The Morgan fingerprint density at radius 1 is 1.16 bits per heavy atom. The minimum atomic E-state index is -3.15. The van der Waals surface area contributed by atoms with Crippen LogP contribution in [0.5, 0.6) is 0 Å². The highest BCUT2D eigenvalue weighted by atomic mass is 79.9. The lowest BCUT2D eigenvalue weighted by Gasteiger charge is -2.04. The molecule has 0 amide bonds. The first-order valence-corrected chi connectivity index (χ1v) is 9.45. The Kier molecular flexibility index (Phi) is 4.70. The maximum atomic E-state index is 11.4. The van der Waals surface area contributed by atoms with Crippen molar-refractivity contribution < 1.29 is 8.42 Å². The Morgan fingerprint density at radius 3 is 2.32 bits per heavy atom. The number of benzene rings is 1. The van der Waals surface area contributed by atoms with Crippen LogP contribution in [0.25, 0.3) is 0 Å². The van der Waals surface area contributed by atoms with Crippen molar-refractivity contribution in [1.29, 1.82) is 0 Å². The van der Waals surface area contributed by atoms with Gasteiger partial charge in [-0.3, -0.25) is 0 Å². The lowest BCUT2D eigenvalue weighted by Crippen LogP contribution is -1.96. The minimum Gasteiger partial charge on any atom is -0.247 e. The molecule has 0 unspecified atom stereocenters. The summed E-state index contributed by atoms with van der Waals surface area (Å²) in [5.41, 5.74) is 0. The maximum Gasteiger partial charge on any atom is 0.175 e. The zero-order valence-electron chi connectivity index (χ0n) is 9.80. The Labute approximate surface area is 133 Å². The second kappa shape index (κ2) is 5.95. The van der Waals surface area contributed by atoms with E-state index in [1.54, 1.807) is 30.5 Å². The molecular formula is C12H9Br2NO2S2. The van der Waals surface area contributed by atoms with Gasteiger partial charge in [0, 0.05) is 21.8 Å². The molecule has 2 rings (SSSR count). The Morgan fingerprint density at radius 2 is 1.79 bits per heavy atom. The van der Waals surface area contributed by atoms with Crippen molar-refractivity contribution >= 4 is 53.5 Å². The Bertz CT molecular complexity index is 700. The molecule has 0 aliphatic heterocycles. The molecule has 19 heavy (non-hydrogen) atoms. The molecule has 3 nitrogen and oxygen atoms in total. The van der Waals surface area contributed by atoms with Crippen molar-refractivity contribution in [2.45, 2.75) is 14.8 Å². The standard InChI is InChI=1S/C12H9Br2NO2S2/c1-19(16,17)10-4-2-9(3-5-10)18-12-11(14)6-8(13)7-15-12/h2-7H,1H3. The molecule has 0 radical (unpaired) electrons. The van der Waals surface area contributed by atoms with E-state index in [-0.39, 0.29) is 0 Å². The van der Waals surface area contributed by atoms with E-state index in [9.17, 15) is 8.42 Å². The second-order valence-electron chi connectivity index (χ2n) is 3.79. The summed E-state index contributed by atoms with van der Waals surface area (Å²) < 4.78 is 24.5. The Balaban J connectivity index is 2.25. The number of halogens is 2. The topological polar surface area (TPSA) is 47.0 Å². The normalized spacial score (nSPS) is 11.5. The lowest BCUT2D eigenvalue weighted by atomic mass is 10.4. The first kappa shape index (κ1) is 15.0. The van der Waals surface area contributed by atoms with Crippen LogP contribution in [-0.2, 0) is 9.84 Å². The van der Waals surface area contributed by atoms with Crippen molar-refractivity contribution in [3.8, 4) is 0 Å². The van der Waals surface area contributed by atoms with Gasteiger partial charge in [-0.1, -0.05) is 11.8 Å². The lowest BCUT2D eigenvalue weighted by molar-refractivity contribution is 0.602. The second-order valence-corrected chi connectivity index (χ2v) is 8.63. The molecule has 1 aromatic carbocycles. The van der Waals surface area contributed by atoms with Gasteiger partial charge in [-0.25, -0.2) is 13.4 Å². The number of aromatic nitrogens is 1. The van der Waals surface area contributed by atoms with Gasteiger partial charge in [0.25, 0.3) is 0 Å². The van der Waals surface area contributed by atoms with Gasteiger partial charge in [-0.05, 0) is 62.2 Å². The van der Waals surface area contributed by atoms with E-state index in [4.69, 9.17) is 0 Å². The minimum absolute atomic E-state index is 0.319. The average molecular weight is 423 g/mol. The number of hydrogen-bond acceptors (Lipinski definition) is 4. The molecule has 0 aliphatic carbocycles. The summed E-state index contributed by atoms with van der Waals surface area (Å²) in [5, 5.41) is 0.829. The fourth-order valence-corrected chi connectivity index (χ4v) is 3.96. The molecule has 2 aromatic rings. The smallest absolute Gasteiger partial charge is 0.175 e. The van der Waals surface area contributed by atoms with Gasteiger partial charge in [0.05, 0.1) is 9.37 Å². The Hall–Kier alpha value is -0.370. The van der Waals surface area contributed by atoms with Crippen molar-refractivity contribution in [2.75, 3.05) is 6.26 Å². The number of nitrogens with zero attached hydrogens (tertiary/aromatic N) is 1. The van der Waals surface area contributed by atoms with Gasteiger partial charge in [0.15, 0.2) is 9.84 Å². The average Bonchev–Trinajstić information content (AvgIpc) is 2.32. The van der Waals surface area contributed by atoms with Crippen molar-refractivity contribution in [1.82, 2.24) is 4.98 Å². The first-order chi connectivity index (χ1) is 8.86. The van der Waals surface area contributed by atoms with E-state index in [2.05, 4.69) is 36.8 Å². The van der Waals surface area contributed by atoms with Gasteiger partial charge in [-0.15, -0.1) is 0 Å². The molecule has 100 valence electrons. The fourth-order valence-electron chi connectivity index (χ4n) is 1.34. The summed E-state index contributed by atoms with van der Waals surface area (Å²) in [4.78, 5) is 5.55. The predicted octanol–water partition coefficient (Wildman–Crippen LogP) is 4.16. The molecule has 1 aromatic heterocycles. The van der Waals surface area contributed by atoms with Gasteiger partial charge in [-0.2, -0.15) is 0 Å². The summed E-state index contributed by atoms with van der Waals surface area (Å²) in [5.74, 6) is 0. The first-order valence-electron chi connectivity index (χ1n) is 5.15. The molecule has 0 fully saturated rings. The molecule has 7 heteroatoms. The number of sulfone groups is 1. The summed E-state index contributed by atoms with van der Waals surface area (Å²) in [6.45, 7) is 0. The molecule has 0 saturated carbocycles. The van der Waals surface area contributed by atoms with Crippen molar-refractivity contribution in [3.63, 3.8) is 0 Å². The summed E-state index contributed by atoms with van der Waals surface area (Å²) in [6.07, 6.45) is 2.92. The molecule has 1 heterocycles. The van der Waals surface area contributed by atoms with Crippen molar-refractivity contribution in [3.05, 3.63) is 45.5 Å². The fraction of sp³-hybridized carbons (Fsp3) is 0.0833. The van der Waals surface area contributed by atoms with Gasteiger partial charge in [0.2, 0.25) is 0 Å². The van der Waals surface area contributed by atoms with Gasteiger partial charge < -0.3 is 0 Å². The monoisotopic (exact) mass is 421 g/mol. The van der Waals surface area contributed by atoms with E-state index in [1.807, 2.05) is 6.07 Å². The highest BCUT2D eigenvalue weighted by molar-refractivity contribution is 9.11. The molecule has 0 atom stereocenters. The number of pyridine rings is 1. The predicted molar refractivity (Wildman–Crippen MR) is 83.3 cm³/mol. The summed E-state index contributed by atoms with van der Waals surface area (Å²) in [7, 11) is -3.15. The van der Waals surface area contributed by atoms with E-state index in [0.29, 0.717) is 4.90 Å². The number of rotatable bonds is 3. The maximum absolute atomic E-state index is 11.4. The zero-order chi connectivity index (χ0) is 14.0. The summed E-state index contributed by atoms with van der Waals surface area (Å²) in [6, 6.07) is 8.67. The molecule has 0 bridgehead atoms. The van der Waals surface area contributed by atoms with Crippen LogP contribution in [0.15, 0.2) is 60.3 Å². The summed E-state index contributed by atoms with van der Waals surface area (Å²) >= 11 is 8.25. The largest absolute Gasteiger partial charge is 0.247 e. The van der Waals surface area contributed by atoms with Crippen LogP contribution in [0, 0.1) is 0 Å². The zero-order valence-corrected chi connectivity index (χ0v) is 14.6. The van der Waals surface area contributed by atoms with Crippen LogP contribution in [0.3, 0.4) is 0 Å². The van der Waals surface area contributed by atoms with E-state index in [1.165, 1.54) is 18.0 Å². The van der Waals surface area contributed by atoms with E-state index < -0.39 is 9.84 Å². The van der Waals surface area contributed by atoms with Crippen LogP contribution < -0.4 is 0 Å². The molecule has 0 aliphatic rings. The molecule has 0 saturated heterocycles. The molecule has 0 spiro atoms. The molecular weight excluding hydrogens is 414 g/mol. The third-order valence-electron chi connectivity index (χ3n) is 2.24. The van der Waals surface area contributed by atoms with Gasteiger partial charge >= 0.3 is 0 Å². The van der Waals surface area contributed by atoms with Crippen LogP contribution in [0.1, 0.15) is 0 Å². The molecule has 0 N–H and O–H groups in total. The van der Waals surface area contributed by atoms with Crippen LogP contribution >= 0.6 is 43.6 Å². The van der Waals surface area contributed by atoms with Crippen LogP contribution in [0.2, 0.25) is 0 Å². The highest BCUT2D eigenvalue weighted by Gasteiger charge is 2.08.